The Bertz CT molecular complexity index is 1820. The van der Waals surface area contributed by atoms with Crippen LogP contribution < -0.4 is 10.6 Å². The first-order chi connectivity index (χ1) is 21.3. The fourth-order valence-corrected chi connectivity index (χ4v) is 7.54. The summed E-state index contributed by atoms with van der Waals surface area (Å²) in [6.45, 7) is 9.63. The topological polar surface area (TPSA) is 123 Å². The number of halogens is 1. The van der Waals surface area contributed by atoms with Crippen LogP contribution in [0, 0.1) is 6.92 Å². The number of carbonyl (C=O) groups excluding carboxylic acids is 1. The lowest BCUT2D eigenvalue weighted by molar-refractivity contribution is 0.0492. The molecule has 0 atom stereocenters. The molecule has 1 aliphatic rings. The first-order valence-electron chi connectivity index (χ1n) is 15.3. The van der Waals surface area contributed by atoms with Crippen molar-refractivity contribution in [2.75, 3.05) is 5.32 Å². The SMILES string of the molecule is CCc1nc(CS(=O)(=O)c2ccccc2Cl)ccc1-c1cc2cnc(NC3CCC(NC(=O)OC(C)(C)C)CC3)nc2cc1C. The van der Waals surface area contributed by atoms with E-state index >= 15 is 0 Å². The van der Waals surface area contributed by atoms with Crippen molar-refractivity contribution in [3.8, 4) is 11.1 Å². The van der Waals surface area contributed by atoms with E-state index in [1.54, 1.807) is 24.3 Å². The van der Waals surface area contributed by atoms with Gasteiger partial charge in [-0.3, -0.25) is 4.98 Å². The number of nitrogens with one attached hydrogen (secondary N) is 2. The van der Waals surface area contributed by atoms with Gasteiger partial charge in [0, 0.05) is 34.9 Å². The van der Waals surface area contributed by atoms with Crippen LogP contribution in [0.2, 0.25) is 5.02 Å². The summed E-state index contributed by atoms with van der Waals surface area (Å²) < 4.78 is 31.5. The monoisotopic (exact) mass is 649 g/mol. The number of carbonyl (C=O) groups is 1. The smallest absolute Gasteiger partial charge is 0.407 e. The second-order valence-corrected chi connectivity index (χ2v) is 15.0. The highest BCUT2D eigenvalue weighted by molar-refractivity contribution is 7.90. The van der Waals surface area contributed by atoms with E-state index in [9.17, 15) is 13.2 Å². The molecule has 5 rings (SSSR count). The molecule has 2 aromatic heterocycles. The van der Waals surface area contributed by atoms with Gasteiger partial charge in [0.1, 0.15) is 5.60 Å². The number of anilines is 1. The number of nitrogens with zero attached hydrogens (tertiary/aromatic N) is 3. The van der Waals surface area contributed by atoms with Gasteiger partial charge >= 0.3 is 6.09 Å². The maximum absolute atomic E-state index is 13.1. The standard InChI is InChI=1S/C34H40ClN5O4S/c1-6-29-26(16-15-25(37-29)20-45(42,43)31-10-8-7-9-28(31)35)27-18-22-19-36-32(40-30(22)17-21(27)2)38-23-11-13-24(14-12-23)39-33(41)44-34(3,4)5/h7-10,15-19,23-24H,6,11-14,20H2,1-5H3,(H,39,41)(H,36,38,40). The van der Waals surface area contributed by atoms with Crippen LogP contribution in [-0.2, 0) is 26.7 Å². The molecule has 0 unspecified atom stereocenters. The zero-order valence-electron chi connectivity index (χ0n) is 26.4. The van der Waals surface area contributed by atoms with Gasteiger partial charge in [0.05, 0.1) is 26.9 Å². The Balaban J connectivity index is 1.28. The zero-order chi connectivity index (χ0) is 32.4. The number of ether oxygens (including phenoxy) is 1. The number of rotatable bonds is 8. The number of aromatic nitrogens is 3. The molecule has 2 heterocycles. The van der Waals surface area contributed by atoms with Gasteiger partial charge in [0.15, 0.2) is 9.84 Å². The maximum Gasteiger partial charge on any atom is 0.407 e. The number of amides is 1. The molecular weight excluding hydrogens is 610 g/mol. The molecule has 4 aromatic rings. The highest BCUT2D eigenvalue weighted by Gasteiger charge is 2.25. The Labute approximate surface area is 270 Å². The van der Waals surface area contributed by atoms with E-state index in [-0.39, 0.29) is 33.8 Å². The highest BCUT2D eigenvalue weighted by atomic mass is 35.5. The largest absolute Gasteiger partial charge is 0.444 e. The van der Waals surface area contributed by atoms with Crippen LogP contribution in [0.1, 0.15) is 70.3 Å². The first kappa shape index (κ1) is 32.6. The molecule has 1 aliphatic carbocycles. The number of fused-ring (bicyclic) bond motifs is 1. The summed E-state index contributed by atoms with van der Waals surface area (Å²) in [5.74, 6) is 0.352. The number of sulfone groups is 1. The molecule has 0 spiro atoms. The van der Waals surface area contributed by atoms with E-state index in [0.29, 0.717) is 18.1 Å². The molecule has 0 bridgehead atoms. The van der Waals surface area contributed by atoms with Crippen molar-refractivity contribution in [1.29, 1.82) is 0 Å². The fourth-order valence-electron chi connectivity index (χ4n) is 5.69. The van der Waals surface area contributed by atoms with E-state index in [1.165, 1.54) is 6.07 Å². The summed E-state index contributed by atoms with van der Waals surface area (Å²) in [5, 5.41) is 7.57. The number of alkyl carbamates (subject to hydrolysis) is 1. The fraction of sp³-hybridized carbons (Fsp3) is 0.412. The minimum atomic E-state index is -3.65. The Morgan fingerprint density at radius 1 is 1.00 bits per heavy atom. The molecule has 0 saturated heterocycles. The lowest BCUT2D eigenvalue weighted by Crippen LogP contribution is -2.42. The van der Waals surface area contributed by atoms with Crippen LogP contribution in [0.5, 0.6) is 0 Å². The van der Waals surface area contributed by atoms with Crippen molar-refractivity contribution >= 4 is 44.4 Å². The van der Waals surface area contributed by atoms with Gasteiger partial charge < -0.3 is 15.4 Å². The molecule has 1 amide bonds. The van der Waals surface area contributed by atoms with Gasteiger partial charge in [0.25, 0.3) is 0 Å². The lowest BCUT2D eigenvalue weighted by atomic mass is 9.91. The second kappa shape index (κ2) is 13.3. The molecule has 11 heteroatoms. The molecule has 1 fully saturated rings. The predicted octanol–water partition coefficient (Wildman–Crippen LogP) is 7.44. The number of hydrogen-bond donors (Lipinski definition) is 2. The summed E-state index contributed by atoms with van der Waals surface area (Å²) in [5.41, 5.74) is 4.61. The molecule has 0 radical (unpaired) electrons. The molecular formula is C34H40ClN5O4S. The van der Waals surface area contributed by atoms with Crippen LogP contribution in [-0.4, -0.2) is 47.1 Å². The lowest BCUT2D eigenvalue weighted by Gasteiger charge is -2.30. The second-order valence-electron chi connectivity index (χ2n) is 12.6. The van der Waals surface area contributed by atoms with Crippen LogP contribution in [0.15, 0.2) is 59.6 Å². The van der Waals surface area contributed by atoms with Crippen LogP contribution in [0.25, 0.3) is 22.0 Å². The van der Waals surface area contributed by atoms with Gasteiger partial charge in [-0.05, 0) is 101 Å². The highest BCUT2D eigenvalue weighted by Crippen LogP contribution is 2.32. The van der Waals surface area contributed by atoms with Crippen LogP contribution >= 0.6 is 11.6 Å². The van der Waals surface area contributed by atoms with Gasteiger partial charge in [0.2, 0.25) is 5.95 Å². The summed E-state index contributed by atoms with van der Waals surface area (Å²) in [6.07, 6.45) is 5.58. The van der Waals surface area contributed by atoms with Crippen molar-refractivity contribution < 1.29 is 17.9 Å². The number of hydrogen-bond acceptors (Lipinski definition) is 8. The van der Waals surface area contributed by atoms with Gasteiger partial charge in [-0.1, -0.05) is 36.7 Å². The van der Waals surface area contributed by atoms with E-state index in [2.05, 4.69) is 21.7 Å². The Hall–Kier alpha value is -3.76. The van der Waals surface area contributed by atoms with E-state index < -0.39 is 15.4 Å². The molecule has 9 nitrogen and oxygen atoms in total. The Morgan fingerprint density at radius 2 is 1.71 bits per heavy atom. The minimum Gasteiger partial charge on any atom is -0.444 e. The van der Waals surface area contributed by atoms with Crippen molar-refractivity contribution in [2.45, 2.75) is 95.1 Å². The molecule has 2 aromatic carbocycles. The third kappa shape index (κ3) is 8.10. The third-order valence-electron chi connectivity index (χ3n) is 7.87. The first-order valence-corrected chi connectivity index (χ1v) is 17.3. The summed E-state index contributed by atoms with van der Waals surface area (Å²) in [7, 11) is -3.65. The average Bonchev–Trinajstić information content (AvgIpc) is 2.97. The predicted molar refractivity (Wildman–Crippen MR) is 178 cm³/mol. The van der Waals surface area contributed by atoms with Crippen LogP contribution in [0.3, 0.4) is 0 Å². The van der Waals surface area contributed by atoms with Crippen molar-refractivity contribution in [1.82, 2.24) is 20.3 Å². The molecule has 238 valence electrons. The van der Waals surface area contributed by atoms with Crippen molar-refractivity contribution in [3.63, 3.8) is 0 Å². The Kier molecular flexibility index (Phi) is 9.65. The quantitative estimate of drug-likeness (QED) is 0.202. The van der Waals surface area contributed by atoms with Crippen molar-refractivity contribution in [3.05, 3.63) is 76.7 Å². The number of pyridine rings is 1. The minimum absolute atomic E-state index is 0.0971. The maximum atomic E-state index is 13.1. The molecule has 0 aliphatic heterocycles. The molecule has 1 saturated carbocycles. The summed E-state index contributed by atoms with van der Waals surface area (Å²) in [4.78, 5) is 26.4. The zero-order valence-corrected chi connectivity index (χ0v) is 27.9. The van der Waals surface area contributed by atoms with Crippen molar-refractivity contribution in [2.24, 2.45) is 0 Å². The van der Waals surface area contributed by atoms with Crippen LogP contribution in [0.4, 0.5) is 10.7 Å². The number of benzene rings is 2. The summed E-state index contributed by atoms with van der Waals surface area (Å²) in [6, 6.07) is 14.6. The summed E-state index contributed by atoms with van der Waals surface area (Å²) >= 11 is 6.17. The van der Waals surface area contributed by atoms with E-state index in [1.807, 2.05) is 52.9 Å². The van der Waals surface area contributed by atoms with Gasteiger partial charge in [-0.15, -0.1) is 0 Å². The van der Waals surface area contributed by atoms with E-state index in [0.717, 1.165) is 59.0 Å². The van der Waals surface area contributed by atoms with Gasteiger partial charge in [-0.2, -0.15) is 0 Å². The third-order valence-corrected chi connectivity index (χ3v) is 10.0. The van der Waals surface area contributed by atoms with Gasteiger partial charge in [-0.25, -0.2) is 23.2 Å². The van der Waals surface area contributed by atoms with E-state index in [4.69, 9.17) is 26.3 Å². The normalized spacial score (nSPS) is 17.2. The molecule has 2 N–H and O–H groups in total. The Morgan fingerprint density at radius 3 is 2.40 bits per heavy atom. The average molecular weight is 650 g/mol. The number of aryl methyl sites for hydroxylation is 2. The molecule has 45 heavy (non-hydrogen) atoms.